The summed E-state index contributed by atoms with van der Waals surface area (Å²) in [6.45, 7) is 0. The van der Waals surface area contributed by atoms with E-state index < -0.39 is 17.7 Å². The Morgan fingerprint density at radius 2 is 1.89 bits per heavy atom. The van der Waals surface area contributed by atoms with E-state index in [-0.39, 0.29) is 16.8 Å². The minimum absolute atomic E-state index is 0.0782. The van der Waals surface area contributed by atoms with E-state index in [1.165, 1.54) is 18.3 Å². The van der Waals surface area contributed by atoms with Gasteiger partial charge in [0.2, 0.25) is 0 Å². The number of hydrogen-bond acceptors (Lipinski definition) is 4. The summed E-state index contributed by atoms with van der Waals surface area (Å²) in [5.74, 6) is -2.27. The largest absolute Gasteiger partial charge is 0.345 e. The van der Waals surface area contributed by atoms with E-state index >= 15 is 0 Å². The van der Waals surface area contributed by atoms with Crippen LogP contribution in [0.1, 0.15) is 23.2 Å². The second kappa shape index (κ2) is 5.66. The number of nitrogens with one attached hydrogen (secondary N) is 3. The van der Waals surface area contributed by atoms with Crippen molar-refractivity contribution in [2.24, 2.45) is 0 Å². The number of rotatable bonds is 2. The second-order valence-electron chi connectivity index (χ2n) is 4.03. The summed E-state index contributed by atoms with van der Waals surface area (Å²) in [5, 5.41) is 2.75. The Kier molecular flexibility index (Phi) is 3.96. The van der Waals surface area contributed by atoms with Gasteiger partial charge in [0, 0.05) is 12.2 Å². The molecule has 2 rings (SSSR count). The standard InChI is InChI=1S/C11H11ClN4O3/c12-8-4-1-6(5-13-8)9(17)15-16-11(19)10(18)14-7-2-3-7/h1,4-5,7H,2-3H2,(H,14,18)(H,15,17)(H,16,19). The molecule has 0 unspecified atom stereocenters. The first-order valence-corrected chi connectivity index (χ1v) is 5.97. The second-order valence-corrected chi connectivity index (χ2v) is 4.41. The van der Waals surface area contributed by atoms with Crippen LogP contribution in [0.5, 0.6) is 0 Å². The molecule has 0 saturated heterocycles. The quantitative estimate of drug-likeness (QED) is 0.396. The Morgan fingerprint density at radius 3 is 2.47 bits per heavy atom. The average Bonchev–Trinajstić information content (AvgIpc) is 3.20. The number of hydrazine groups is 1. The summed E-state index contributed by atoms with van der Waals surface area (Å²) in [7, 11) is 0. The summed E-state index contributed by atoms with van der Waals surface area (Å²) in [5.41, 5.74) is 4.34. The topological polar surface area (TPSA) is 100 Å². The third kappa shape index (κ3) is 3.92. The minimum atomic E-state index is -0.915. The van der Waals surface area contributed by atoms with Gasteiger partial charge in [-0.2, -0.15) is 0 Å². The molecule has 1 aliphatic rings. The van der Waals surface area contributed by atoms with Gasteiger partial charge < -0.3 is 5.32 Å². The van der Waals surface area contributed by atoms with Crippen LogP contribution in [-0.4, -0.2) is 28.7 Å². The van der Waals surface area contributed by atoms with Crippen molar-refractivity contribution < 1.29 is 14.4 Å². The molecule has 0 atom stereocenters. The molecule has 1 fully saturated rings. The van der Waals surface area contributed by atoms with Gasteiger partial charge in [0.1, 0.15) is 5.15 Å². The highest BCUT2D eigenvalue weighted by Crippen LogP contribution is 2.18. The number of carbonyl (C=O) groups is 3. The molecule has 1 aromatic heterocycles. The third-order valence-electron chi connectivity index (χ3n) is 2.40. The average molecular weight is 283 g/mol. The molecule has 0 aromatic carbocycles. The predicted octanol–water partition coefficient (Wildman–Crippen LogP) is -0.225. The van der Waals surface area contributed by atoms with E-state index in [0.717, 1.165) is 12.8 Å². The maximum Gasteiger partial charge on any atom is 0.327 e. The lowest BCUT2D eigenvalue weighted by atomic mass is 10.3. The molecule has 1 saturated carbocycles. The maximum absolute atomic E-state index is 11.6. The first-order valence-electron chi connectivity index (χ1n) is 5.59. The van der Waals surface area contributed by atoms with Gasteiger partial charge in [-0.25, -0.2) is 4.98 Å². The lowest BCUT2D eigenvalue weighted by Crippen LogP contribution is -2.49. The van der Waals surface area contributed by atoms with E-state index in [2.05, 4.69) is 15.7 Å². The van der Waals surface area contributed by atoms with E-state index in [1.54, 1.807) is 0 Å². The Morgan fingerprint density at radius 1 is 1.16 bits per heavy atom. The van der Waals surface area contributed by atoms with Crippen molar-refractivity contribution >= 4 is 29.3 Å². The van der Waals surface area contributed by atoms with Crippen molar-refractivity contribution in [3.8, 4) is 0 Å². The van der Waals surface area contributed by atoms with Gasteiger partial charge in [0.15, 0.2) is 0 Å². The van der Waals surface area contributed by atoms with Gasteiger partial charge in [0.05, 0.1) is 5.56 Å². The zero-order chi connectivity index (χ0) is 13.8. The number of aromatic nitrogens is 1. The van der Waals surface area contributed by atoms with E-state index in [0.29, 0.717) is 0 Å². The van der Waals surface area contributed by atoms with Crippen molar-refractivity contribution in [2.75, 3.05) is 0 Å². The molecular formula is C11H11ClN4O3. The number of nitrogens with zero attached hydrogens (tertiary/aromatic N) is 1. The van der Waals surface area contributed by atoms with Gasteiger partial charge in [-0.15, -0.1) is 0 Å². The Bertz CT molecular complexity index is 513. The summed E-state index contributed by atoms with van der Waals surface area (Å²) in [6, 6.07) is 2.97. The van der Waals surface area contributed by atoms with Crippen molar-refractivity contribution in [3.05, 3.63) is 29.0 Å². The number of amides is 3. The molecule has 0 bridgehead atoms. The highest BCUT2D eigenvalue weighted by molar-refractivity contribution is 6.35. The minimum Gasteiger partial charge on any atom is -0.345 e. The molecule has 1 aromatic rings. The Labute approximate surface area is 113 Å². The fraction of sp³-hybridized carbons (Fsp3) is 0.273. The van der Waals surface area contributed by atoms with E-state index in [9.17, 15) is 14.4 Å². The van der Waals surface area contributed by atoms with Crippen LogP contribution in [0, 0.1) is 0 Å². The van der Waals surface area contributed by atoms with Gasteiger partial charge in [0.25, 0.3) is 5.91 Å². The lowest BCUT2D eigenvalue weighted by Gasteiger charge is -2.07. The lowest BCUT2D eigenvalue weighted by molar-refractivity contribution is -0.139. The molecule has 3 N–H and O–H groups in total. The van der Waals surface area contributed by atoms with E-state index in [4.69, 9.17) is 11.6 Å². The van der Waals surface area contributed by atoms with Crippen LogP contribution < -0.4 is 16.2 Å². The van der Waals surface area contributed by atoms with Crippen molar-refractivity contribution in [2.45, 2.75) is 18.9 Å². The fourth-order valence-electron chi connectivity index (χ4n) is 1.23. The Hall–Kier alpha value is -2.15. The molecule has 0 radical (unpaired) electrons. The van der Waals surface area contributed by atoms with Crippen LogP contribution in [0.15, 0.2) is 18.3 Å². The normalized spacial score (nSPS) is 13.5. The van der Waals surface area contributed by atoms with Crippen molar-refractivity contribution in [1.82, 2.24) is 21.2 Å². The molecule has 1 aliphatic carbocycles. The summed E-state index contributed by atoms with van der Waals surface area (Å²) < 4.78 is 0. The first kappa shape index (κ1) is 13.3. The third-order valence-corrected chi connectivity index (χ3v) is 2.62. The van der Waals surface area contributed by atoms with Crippen LogP contribution in [-0.2, 0) is 9.59 Å². The van der Waals surface area contributed by atoms with Gasteiger partial charge >= 0.3 is 11.8 Å². The smallest absolute Gasteiger partial charge is 0.327 e. The predicted molar refractivity (Wildman–Crippen MR) is 66.0 cm³/mol. The maximum atomic E-state index is 11.6. The van der Waals surface area contributed by atoms with Gasteiger partial charge in [-0.1, -0.05) is 11.6 Å². The molecule has 3 amide bonds. The number of pyridine rings is 1. The molecule has 19 heavy (non-hydrogen) atoms. The van der Waals surface area contributed by atoms with E-state index in [1.807, 2.05) is 5.43 Å². The summed E-state index contributed by atoms with van der Waals surface area (Å²) in [6.07, 6.45) is 3.01. The molecular weight excluding hydrogens is 272 g/mol. The number of halogens is 1. The SMILES string of the molecule is O=C(NNC(=O)c1ccc(Cl)nc1)C(=O)NC1CC1. The molecule has 7 nitrogen and oxygen atoms in total. The highest BCUT2D eigenvalue weighted by atomic mass is 35.5. The number of carbonyl (C=O) groups excluding carboxylic acids is 3. The molecule has 0 aliphatic heterocycles. The number of hydrogen-bond donors (Lipinski definition) is 3. The molecule has 1 heterocycles. The fourth-order valence-corrected chi connectivity index (χ4v) is 1.34. The van der Waals surface area contributed by atoms with Gasteiger partial charge in [-0.05, 0) is 25.0 Å². The molecule has 100 valence electrons. The molecule has 0 spiro atoms. The zero-order valence-corrected chi connectivity index (χ0v) is 10.5. The van der Waals surface area contributed by atoms with Crippen LogP contribution in [0.4, 0.5) is 0 Å². The van der Waals surface area contributed by atoms with Gasteiger partial charge in [-0.3, -0.25) is 25.2 Å². The van der Waals surface area contributed by atoms with Crippen LogP contribution in [0.3, 0.4) is 0 Å². The first-order chi connectivity index (χ1) is 9.06. The van der Waals surface area contributed by atoms with Crippen LogP contribution >= 0.6 is 11.6 Å². The Balaban J connectivity index is 1.80. The summed E-state index contributed by atoms with van der Waals surface area (Å²) >= 11 is 5.57. The van der Waals surface area contributed by atoms with Crippen molar-refractivity contribution in [3.63, 3.8) is 0 Å². The molecule has 8 heteroatoms. The zero-order valence-electron chi connectivity index (χ0n) is 9.77. The van der Waals surface area contributed by atoms with Crippen LogP contribution in [0.25, 0.3) is 0 Å². The van der Waals surface area contributed by atoms with Crippen molar-refractivity contribution in [1.29, 1.82) is 0 Å². The van der Waals surface area contributed by atoms with Crippen LogP contribution in [0.2, 0.25) is 5.15 Å². The highest BCUT2D eigenvalue weighted by Gasteiger charge is 2.26. The monoisotopic (exact) mass is 282 g/mol. The summed E-state index contributed by atoms with van der Waals surface area (Å²) in [4.78, 5) is 37.9.